The van der Waals surface area contributed by atoms with Gasteiger partial charge in [0.25, 0.3) is 0 Å². The predicted octanol–water partition coefficient (Wildman–Crippen LogP) is 3.19. The van der Waals surface area contributed by atoms with Crippen LogP contribution in [-0.4, -0.2) is 55.7 Å². The van der Waals surface area contributed by atoms with Crippen molar-refractivity contribution >= 4 is 46.3 Å². The Bertz CT molecular complexity index is 850. The van der Waals surface area contributed by atoms with Crippen molar-refractivity contribution < 1.29 is 24.3 Å². The minimum Gasteiger partial charge on any atom is -0.480 e. The van der Waals surface area contributed by atoms with E-state index in [1.165, 1.54) is 16.7 Å². The van der Waals surface area contributed by atoms with Gasteiger partial charge in [0.2, 0.25) is 11.0 Å². The first-order valence-corrected chi connectivity index (χ1v) is 11.0. The number of benzene rings is 2. The second-order valence-electron chi connectivity index (χ2n) is 6.42. The molecule has 6 nitrogen and oxygen atoms in total. The minimum atomic E-state index is -1.09. The van der Waals surface area contributed by atoms with Crippen LogP contribution in [0.3, 0.4) is 0 Å². The Kier molecular flexibility index (Phi) is 7.11. The molecule has 1 aliphatic rings. The molecule has 0 bridgehead atoms. The van der Waals surface area contributed by atoms with Crippen molar-refractivity contribution in [3.8, 4) is 0 Å². The smallest absolute Gasteiger partial charge is 0.327 e. The molecule has 0 aromatic heterocycles. The highest BCUT2D eigenvalue weighted by Gasteiger charge is 2.39. The summed E-state index contributed by atoms with van der Waals surface area (Å²) in [5, 5.41) is 8.07. The lowest BCUT2D eigenvalue weighted by atomic mass is 10.1. The van der Waals surface area contributed by atoms with Gasteiger partial charge < -0.3 is 10.0 Å². The summed E-state index contributed by atoms with van der Waals surface area (Å²) >= 11 is 2.12. The van der Waals surface area contributed by atoms with Gasteiger partial charge in [-0.1, -0.05) is 72.4 Å². The van der Waals surface area contributed by atoms with Gasteiger partial charge in [0.15, 0.2) is 5.78 Å². The topological polar surface area (TPSA) is 91.8 Å². The van der Waals surface area contributed by atoms with Gasteiger partial charge in [-0.2, -0.15) is 0 Å². The van der Waals surface area contributed by atoms with Gasteiger partial charge in [-0.15, -0.1) is 11.8 Å². The van der Waals surface area contributed by atoms with Gasteiger partial charge in [-0.3, -0.25) is 14.4 Å². The van der Waals surface area contributed by atoms with Crippen LogP contribution in [0.5, 0.6) is 0 Å². The summed E-state index contributed by atoms with van der Waals surface area (Å²) in [5.41, 5.74) is 0.872. The van der Waals surface area contributed by atoms with Crippen molar-refractivity contribution in [1.82, 2.24) is 4.90 Å². The lowest BCUT2D eigenvalue weighted by Crippen LogP contribution is -2.46. The molecule has 1 unspecified atom stereocenters. The number of Topliss-reactive ketones (excluding diaryl/α,β-unsaturated/α-hetero) is 1. The monoisotopic (exact) mass is 429 g/mol. The number of hydrogen-bond acceptors (Lipinski definition) is 6. The molecule has 1 fully saturated rings. The second-order valence-corrected chi connectivity index (χ2v) is 8.59. The van der Waals surface area contributed by atoms with E-state index in [0.717, 1.165) is 11.8 Å². The van der Waals surface area contributed by atoms with E-state index in [9.17, 15) is 24.3 Å². The summed E-state index contributed by atoms with van der Waals surface area (Å²) in [4.78, 5) is 51.2. The molecular weight excluding hydrogens is 410 g/mol. The van der Waals surface area contributed by atoms with Crippen molar-refractivity contribution in [3.63, 3.8) is 0 Å². The van der Waals surface area contributed by atoms with Crippen LogP contribution in [0.25, 0.3) is 0 Å². The highest BCUT2D eigenvalue weighted by atomic mass is 32.2. The number of carboxylic acid groups (broad SMARTS) is 1. The molecule has 1 heterocycles. The van der Waals surface area contributed by atoms with E-state index in [1.54, 1.807) is 60.7 Å². The number of rotatable bonds is 7. The highest BCUT2D eigenvalue weighted by molar-refractivity contribution is 8.15. The summed E-state index contributed by atoms with van der Waals surface area (Å²) < 4.78 is 0. The van der Waals surface area contributed by atoms with Gasteiger partial charge in [0.05, 0.1) is 11.1 Å². The number of nitrogens with zero attached hydrogens (tertiary/aromatic N) is 1. The van der Waals surface area contributed by atoms with Crippen LogP contribution >= 0.6 is 23.5 Å². The number of carbonyl (C=O) groups is 4. The van der Waals surface area contributed by atoms with E-state index in [1.807, 2.05) is 0 Å². The van der Waals surface area contributed by atoms with Gasteiger partial charge in [-0.05, 0) is 0 Å². The normalized spacial score (nSPS) is 17.0. The van der Waals surface area contributed by atoms with Crippen LogP contribution in [0.15, 0.2) is 60.7 Å². The number of ketones is 1. The molecule has 1 amide bonds. The maximum atomic E-state index is 13.1. The van der Waals surface area contributed by atoms with E-state index in [-0.39, 0.29) is 28.9 Å². The van der Waals surface area contributed by atoms with E-state index < -0.39 is 23.2 Å². The first kappa shape index (κ1) is 21.1. The van der Waals surface area contributed by atoms with E-state index >= 15 is 0 Å². The molecule has 3 rings (SSSR count). The van der Waals surface area contributed by atoms with Crippen LogP contribution in [0.2, 0.25) is 0 Å². The SMILES string of the molecule is O=C(CC(SC(=O)c1ccccc1)C(=O)N1CSC[C@H]1C(=O)O)c1ccccc1. The Hall–Kier alpha value is -2.58. The summed E-state index contributed by atoms with van der Waals surface area (Å²) in [6.45, 7) is 0. The molecule has 2 atom stereocenters. The van der Waals surface area contributed by atoms with Gasteiger partial charge in [0.1, 0.15) is 6.04 Å². The van der Waals surface area contributed by atoms with Crippen LogP contribution < -0.4 is 0 Å². The minimum absolute atomic E-state index is 0.181. The predicted molar refractivity (Wildman–Crippen MR) is 113 cm³/mol. The molecule has 0 saturated carbocycles. The van der Waals surface area contributed by atoms with Crippen LogP contribution in [0, 0.1) is 0 Å². The average molecular weight is 430 g/mol. The Morgan fingerprint density at radius 3 is 2.17 bits per heavy atom. The fourth-order valence-electron chi connectivity index (χ4n) is 2.91. The molecule has 2 aromatic rings. The Morgan fingerprint density at radius 2 is 1.59 bits per heavy atom. The van der Waals surface area contributed by atoms with E-state index in [2.05, 4.69) is 0 Å². The van der Waals surface area contributed by atoms with Crippen molar-refractivity contribution in [3.05, 3.63) is 71.8 Å². The quantitative estimate of drug-likeness (QED) is 0.676. The van der Waals surface area contributed by atoms with Gasteiger partial charge in [0, 0.05) is 23.3 Å². The number of thioether (sulfide) groups is 2. The largest absolute Gasteiger partial charge is 0.480 e. The summed E-state index contributed by atoms with van der Waals surface area (Å²) in [5.74, 6) is -1.34. The zero-order valence-electron chi connectivity index (χ0n) is 15.4. The standard InChI is InChI=1S/C21H19NO5S2/c23-17(14-7-3-1-4-8-14)11-18(29-21(27)15-9-5-2-6-10-15)19(24)22-13-28-12-16(22)20(25)26/h1-10,16,18H,11-13H2,(H,25,26)/t16-,18?/m0/s1. The van der Waals surface area contributed by atoms with Gasteiger partial charge in [-0.25, -0.2) is 4.79 Å². The average Bonchev–Trinajstić information content (AvgIpc) is 3.24. The van der Waals surface area contributed by atoms with Crippen molar-refractivity contribution in [2.75, 3.05) is 11.6 Å². The van der Waals surface area contributed by atoms with Crippen molar-refractivity contribution in [2.24, 2.45) is 0 Å². The lowest BCUT2D eigenvalue weighted by molar-refractivity contribution is -0.147. The van der Waals surface area contributed by atoms with Crippen LogP contribution in [-0.2, 0) is 9.59 Å². The van der Waals surface area contributed by atoms with Crippen molar-refractivity contribution in [1.29, 1.82) is 0 Å². The highest BCUT2D eigenvalue weighted by Crippen LogP contribution is 2.29. The number of carboxylic acids is 1. The first-order valence-electron chi connectivity index (χ1n) is 8.92. The molecule has 0 spiro atoms. The fraction of sp³-hybridized carbons (Fsp3) is 0.238. The second kappa shape index (κ2) is 9.76. The molecule has 0 radical (unpaired) electrons. The molecule has 2 aromatic carbocycles. The third kappa shape index (κ3) is 5.27. The Morgan fingerprint density at radius 1 is 1.00 bits per heavy atom. The van der Waals surface area contributed by atoms with Crippen molar-refractivity contribution in [2.45, 2.75) is 17.7 Å². The number of amides is 1. The molecule has 1 N–H and O–H groups in total. The molecule has 29 heavy (non-hydrogen) atoms. The number of carbonyl (C=O) groups excluding carboxylic acids is 3. The van der Waals surface area contributed by atoms with E-state index in [0.29, 0.717) is 11.1 Å². The zero-order chi connectivity index (χ0) is 20.8. The molecule has 1 aliphatic heterocycles. The molecular formula is C21H19NO5S2. The summed E-state index contributed by atoms with van der Waals surface area (Å²) in [7, 11) is 0. The first-order chi connectivity index (χ1) is 14.0. The van der Waals surface area contributed by atoms with Crippen LogP contribution in [0.1, 0.15) is 27.1 Å². The molecule has 150 valence electrons. The Labute approximate surface area is 176 Å². The van der Waals surface area contributed by atoms with Crippen LogP contribution in [0.4, 0.5) is 0 Å². The lowest BCUT2D eigenvalue weighted by Gasteiger charge is -2.25. The number of aliphatic carboxylic acids is 1. The fourth-order valence-corrected chi connectivity index (χ4v) is 5.07. The summed E-state index contributed by atoms with van der Waals surface area (Å²) in [6, 6.07) is 16.1. The summed E-state index contributed by atoms with van der Waals surface area (Å²) in [6.07, 6.45) is -0.181. The third-order valence-electron chi connectivity index (χ3n) is 4.45. The maximum Gasteiger partial charge on any atom is 0.327 e. The number of hydrogen-bond donors (Lipinski definition) is 1. The molecule has 1 saturated heterocycles. The third-order valence-corrected chi connectivity index (χ3v) is 6.57. The van der Waals surface area contributed by atoms with Gasteiger partial charge >= 0.3 is 5.97 Å². The zero-order valence-corrected chi connectivity index (χ0v) is 17.0. The molecule has 0 aliphatic carbocycles. The molecule has 8 heteroatoms. The van der Waals surface area contributed by atoms with E-state index in [4.69, 9.17) is 0 Å². The maximum absolute atomic E-state index is 13.1. The Balaban J connectivity index is 1.82.